The Balaban J connectivity index is 2.68. The Hall–Kier alpha value is -1.18. The Morgan fingerprint density at radius 1 is 1.42 bits per heavy atom. The number of rotatable bonds is 7. The molecule has 1 aromatic rings. The largest absolute Gasteiger partial charge is 0.383 e. The summed E-state index contributed by atoms with van der Waals surface area (Å²) in [6, 6.07) is 8.85. The van der Waals surface area contributed by atoms with Crippen molar-refractivity contribution in [2.45, 2.75) is 31.7 Å². The van der Waals surface area contributed by atoms with Gasteiger partial charge in [-0.05, 0) is 38.8 Å². The van der Waals surface area contributed by atoms with Crippen molar-refractivity contribution in [3.63, 3.8) is 0 Å². The fourth-order valence-electron chi connectivity index (χ4n) is 1.69. The van der Waals surface area contributed by atoms with Crippen LogP contribution >= 0.6 is 11.8 Å². The van der Waals surface area contributed by atoms with Crippen LogP contribution in [-0.2, 0) is 0 Å². The molecule has 0 spiro atoms. The average Bonchev–Trinajstić information content (AvgIpc) is 2.39. The lowest BCUT2D eigenvalue weighted by Gasteiger charge is -2.21. The van der Waals surface area contributed by atoms with Gasteiger partial charge in [-0.2, -0.15) is 5.26 Å². The highest BCUT2D eigenvalue weighted by Crippen LogP contribution is 2.27. The van der Waals surface area contributed by atoms with E-state index in [9.17, 15) is 5.26 Å². The maximum absolute atomic E-state index is 9.31. The molecule has 0 saturated heterocycles. The average molecular weight is 277 g/mol. The highest BCUT2D eigenvalue weighted by molar-refractivity contribution is 7.99. The molecule has 0 atom stereocenters. The summed E-state index contributed by atoms with van der Waals surface area (Å²) in [5.74, 6) is 0.980. The van der Waals surface area contributed by atoms with E-state index in [1.165, 1.54) is 0 Å². The van der Waals surface area contributed by atoms with E-state index in [1.54, 1.807) is 11.8 Å². The first-order chi connectivity index (χ1) is 9.10. The lowest BCUT2D eigenvalue weighted by atomic mass is 10.2. The third-order valence-electron chi connectivity index (χ3n) is 3.10. The van der Waals surface area contributed by atoms with Crippen molar-refractivity contribution >= 4 is 17.4 Å². The summed E-state index contributed by atoms with van der Waals surface area (Å²) in [5, 5.41) is 12.7. The van der Waals surface area contributed by atoms with Gasteiger partial charge in [-0.1, -0.05) is 13.0 Å². The summed E-state index contributed by atoms with van der Waals surface area (Å²) in [6.45, 7) is 8.28. The Bertz CT molecular complexity index is 438. The molecule has 0 amide bonds. The van der Waals surface area contributed by atoms with Crippen LogP contribution in [0.25, 0.3) is 0 Å². The summed E-state index contributed by atoms with van der Waals surface area (Å²) in [7, 11) is 2.11. The number of nitrogens with one attached hydrogen (secondary N) is 1. The topological polar surface area (TPSA) is 39.1 Å². The van der Waals surface area contributed by atoms with Gasteiger partial charge in [0, 0.05) is 24.0 Å². The molecule has 3 nitrogen and oxygen atoms in total. The van der Waals surface area contributed by atoms with E-state index < -0.39 is 0 Å². The molecular formula is C15H23N3S. The van der Waals surface area contributed by atoms with Gasteiger partial charge in [0.05, 0.1) is 11.3 Å². The molecule has 19 heavy (non-hydrogen) atoms. The van der Waals surface area contributed by atoms with Gasteiger partial charge in [0.1, 0.15) is 6.07 Å². The lowest BCUT2D eigenvalue weighted by molar-refractivity contribution is 0.284. The molecule has 1 aromatic carbocycles. The number of anilines is 1. The summed E-state index contributed by atoms with van der Waals surface area (Å²) < 4.78 is 0. The van der Waals surface area contributed by atoms with E-state index in [4.69, 9.17) is 0 Å². The zero-order valence-corrected chi connectivity index (χ0v) is 13.0. The maximum atomic E-state index is 9.31. The summed E-state index contributed by atoms with van der Waals surface area (Å²) in [6.07, 6.45) is 0. The number of likely N-dealkylation sites (N-methyl/N-ethyl adjacent to an activating group) is 1. The minimum Gasteiger partial charge on any atom is -0.383 e. The minimum atomic E-state index is 0.541. The molecule has 4 heteroatoms. The standard InChI is InChI=1S/C15H23N3S/c1-5-19-15-8-6-7-14(13(15)11-16)17-9-10-18(4)12(2)3/h6-8,12,17H,5,9-10H2,1-4H3. The Labute approximate surface area is 121 Å². The molecule has 0 aliphatic carbocycles. The van der Waals surface area contributed by atoms with E-state index in [-0.39, 0.29) is 0 Å². The molecule has 104 valence electrons. The SMILES string of the molecule is CCSc1cccc(NCCN(C)C(C)C)c1C#N. The first-order valence-corrected chi connectivity index (χ1v) is 7.68. The first kappa shape index (κ1) is 15.9. The Morgan fingerprint density at radius 2 is 2.16 bits per heavy atom. The molecule has 0 unspecified atom stereocenters. The quantitative estimate of drug-likeness (QED) is 0.775. The Morgan fingerprint density at radius 3 is 2.74 bits per heavy atom. The third-order valence-corrected chi connectivity index (χ3v) is 4.04. The second kappa shape index (κ2) is 8.08. The van der Waals surface area contributed by atoms with Crippen LogP contribution in [0.5, 0.6) is 0 Å². The van der Waals surface area contributed by atoms with E-state index in [2.05, 4.69) is 44.1 Å². The molecule has 0 radical (unpaired) electrons. The number of hydrogen-bond donors (Lipinski definition) is 1. The smallest absolute Gasteiger partial charge is 0.102 e. The molecule has 1 rings (SSSR count). The van der Waals surface area contributed by atoms with E-state index in [0.29, 0.717) is 6.04 Å². The summed E-state index contributed by atoms with van der Waals surface area (Å²) >= 11 is 1.71. The fraction of sp³-hybridized carbons (Fsp3) is 0.533. The zero-order chi connectivity index (χ0) is 14.3. The molecular weight excluding hydrogens is 254 g/mol. The van der Waals surface area contributed by atoms with Gasteiger partial charge in [-0.25, -0.2) is 0 Å². The van der Waals surface area contributed by atoms with Crippen LogP contribution in [0, 0.1) is 11.3 Å². The van der Waals surface area contributed by atoms with Crippen LogP contribution in [0.2, 0.25) is 0 Å². The molecule has 0 saturated carbocycles. The van der Waals surface area contributed by atoms with Crippen LogP contribution in [0.4, 0.5) is 5.69 Å². The fourth-order valence-corrected chi connectivity index (χ4v) is 2.48. The molecule has 0 aliphatic heterocycles. The predicted molar refractivity (Wildman–Crippen MR) is 83.8 cm³/mol. The zero-order valence-electron chi connectivity index (χ0n) is 12.2. The first-order valence-electron chi connectivity index (χ1n) is 6.70. The van der Waals surface area contributed by atoms with Crippen LogP contribution in [0.3, 0.4) is 0 Å². The van der Waals surface area contributed by atoms with Crippen molar-refractivity contribution in [2.24, 2.45) is 0 Å². The highest BCUT2D eigenvalue weighted by atomic mass is 32.2. The molecule has 0 aromatic heterocycles. The van der Waals surface area contributed by atoms with E-state index in [1.807, 2.05) is 18.2 Å². The normalized spacial score (nSPS) is 10.8. The number of nitriles is 1. The maximum Gasteiger partial charge on any atom is 0.102 e. The number of hydrogen-bond acceptors (Lipinski definition) is 4. The monoisotopic (exact) mass is 277 g/mol. The third kappa shape index (κ3) is 4.77. The second-order valence-corrected chi connectivity index (χ2v) is 6.03. The van der Waals surface area contributed by atoms with Crippen molar-refractivity contribution in [1.82, 2.24) is 4.90 Å². The number of nitrogens with zero attached hydrogens (tertiary/aromatic N) is 2. The highest BCUT2D eigenvalue weighted by Gasteiger charge is 2.08. The molecule has 0 bridgehead atoms. The number of thioether (sulfide) groups is 1. The van der Waals surface area contributed by atoms with Gasteiger partial charge in [0.15, 0.2) is 0 Å². The van der Waals surface area contributed by atoms with E-state index >= 15 is 0 Å². The van der Waals surface area contributed by atoms with Crippen LogP contribution in [0.15, 0.2) is 23.1 Å². The minimum absolute atomic E-state index is 0.541. The summed E-state index contributed by atoms with van der Waals surface area (Å²) in [4.78, 5) is 3.34. The van der Waals surface area contributed by atoms with Gasteiger partial charge >= 0.3 is 0 Å². The molecule has 1 N–H and O–H groups in total. The number of benzene rings is 1. The molecule has 0 aliphatic rings. The van der Waals surface area contributed by atoms with E-state index in [0.717, 1.165) is 35.0 Å². The van der Waals surface area contributed by atoms with Crippen molar-refractivity contribution in [1.29, 1.82) is 5.26 Å². The van der Waals surface area contributed by atoms with Crippen LogP contribution < -0.4 is 5.32 Å². The van der Waals surface area contributed by atoms with Crippen molar-refractivity contribution in [3.05, 3.63) is 23.8 Å². The van der Waals surface area contributed by atoms with Gasteiger partial charge in [0.25, 0.3) is 0 Å². The summed E-state index contributed by atoms with van der Waals surface area (Å²) in [5.41, 5.74) is 1.71. The predicted octanol–water partition coefficient (Wildman–Crippen LogP) is 3.42. The van der Waals surface area contributed by atoms with Gasteiger partial charge < -0.3 is 10.2 Å². The van der Waals surface area contributed by atoms with Crippen molar-refractivity contribution < 1.29 is 0 Å². The van der Waals surface area contributed by atoms with Gasteiger partial charge in [0.2, 0.25) is 0 Å². The molecule has 0 heterocycles. The van der Waals surface area contributed by atoms with Crippen molar-refractivity contribution in [3.8, 4) is 6.07 Å². The van der Waals surface area contributed by atoms with Gasteiger partial charge in [-0.15, -0.1) is 11.8 Å². The second-order valence-electron chi connectivity index (χ2n) is 4.72. The van der Waals surface area contributed by atoms with Crippen LogP contribution in [0.1, 0.15) is 26.3 Å². The lowest BCUT2D eigenvalue weighted by Crippen LogP contribution is -2.31. The van der Waals surface area contributed by atoms with Crippen molar-refractivity contribution in [2.75, 3.05) is 31.2 Å². The van der Waals surface area contributed by atoms with Gasteiger partial charge in [-0.3, -0.25) is 0 Å². The Kier molecular flexibility index (Phi) is 6.75. The van der Waals surface area contributed by atoms with Crippen LogP contribution in [-0.4, -0.2) is 36.8 Å². The molecule has 0 fully saturated rings.